The molecule has 0 fully saturated rings. The first-order chi connectivity index (χ1) is 8.06. The zero-order valence-corrected chi connectivity index (χ0v) is 10.7. The van der Waals surface area contributed by atoms with Crippen LogP contribution in [-0.4, -0.2) is 23.8 Å². The maximum Gasteiger partial charge on any atom is 0.333 e. The van der Waals surface area contributed by atoms with Crippen LogP contribution < -0.4 is 0 Å². The number of rotatable bonds is 6. The Bertz CT molecular complexity index is 385. The van der Waals surface area contributed by atoms with E-state index in [1.807, 2.05) is 39.0 Å². The van der Waals surface area contributed by atoms with E-state index in [4.69, 9.17) is 9.84 Å². The molecule has 0 radical (unpaired) electrons. The fourth-order valence-corrected chi connectivity index (χ4v) is 1.71. The lowest BCUT2D eigenvalue weighted by Gasteiger charge is -2.15. The number of hydrogen-bond acceptors (Lipinski definition) is 2. The van der Waals surface area contributed by atoms with Gasteiger partial charge in [-0.3, -0.25) is 0 Å². The van der Waals surface area contributed by atoms with E-state index in [1.54, 1.807) is 0 Å². The zero-order valence-electron chi connectivity index (χ0n) is 10.7. The van der Waals surface area contributed by atoms with Crippen molar-refractivity contribution in [3.8, 4) is 0 Å². The Balaban J connectivity index is 2.78. The quantitative estimate of drug-likeness (QED) is 0.826. The highest BCUT2D eigenvalue weighted by Crippen LogP contribution is 2.16. The van der Waals surface area contributed by atoms with E-state index >= 15 is 0 Å². The van der Waals surface area contributed by atoms with Crippen molar-refractivity contribution in [3.05, 3.63) is 34.9 Å². The third kappa shape index (κ3) is 3.86. The van der Waals surface area contributed by atoms with Gasteiger partial charge in [0.15, 0.2) is 6.10 Å². The molecule has 1 aromatic carbocycles. The summed E-state index contributed by atoms with van der Waals surface area (Å²) in [5.74, 6) is -0.889. The van der Waals surface area contributed by atoms with Gasteiger partial charge >= 0.3 is 5.97 Å². The summed E-state index contributed by atoms with van der Waals surface area (Å²) in [6.07, 6.45) is 0.523. The number of aryl methyl sites for hydroxylation is 1. The number of ether oxygens (including phenoxy) is 1. The molecule has 0 saturated carbocycles. The molecule has 1 unspecified atom stereocenters. The molecule has 1 N–H and O–H groups in total. The van der Waals surface area contributed by atoms with Crippen LogP contribution in [0.1, 0.15) is 30.0 Å². The molecule has 0 aromatic heterocycles. The highest BCUT2D eigenvalue weighted by atomic mass is 16.5. The summed E-state index contributed by atoms with van der Waals surface area (Å²) >= 11 is 0. The fourth-order valence-electron chi connectivity index (χ4n) is 1.71. The highest BCUT2D eigenvalue weighted by molar-refractivity contribution is 5.72. The third-order valence-corrected chi connectivity index (χ3v) is 2.92. The largest absolute Gasteiger partial charge is 0.479 e. The zero-order chi connectivity index (χ0) is 12.8. The fraction of sp³-hybridized carbons (Fsp3) is 0.500. The summed E-state index contributed by atoms with van der Waals surface area (Å²) in [4.78, 5) is 11.1. The van der Waals surface area contributed by atoms with Crippen molar-refractivity contribution in [1.29, 1.82) is 0 Å². The van der Waals surface area contributed by atoms with Crippen LogP contribution in [0.25, 0.3) is 0 Å². The Morgan fingerprint density at radius 1 is 1.41 bits per heavy atom. The number of aliphatic carboxylic acids is 1. The second kappa shape index (κ2) is 6.40. The Kier molecular flexibility index (Phi) is 5.16. The van der Waals surface area contributed by atoms with Crippen LogP contribution in [0.2, 0.25) is 0 Å². The number of carboxylic acids is 1. The molecule has 1 aromatic rings. The number of carbonyl (C=O) groups is 1. The van der Waals surface area contributed by atoms with Gasteiger partial charge in [0.2, 0.25) is 0 Å². The van der Waals surface area contributed by atoms with Gasteiger partial charge in [0.1, 0.15) is 0 Å². The Morgan fingerprint density at radius 2 is 2.12 bits per heavy atom. The smallest absolute Gasteiger partial charge is 0.333 e. The monoisotopic (exact) mass is 236 g/mol. The summed E-state index contributed by atoms with van der Waals surface area (Å²) in [6, 6.07) is 5.95. The second-order valence-electron chi connectivity index (χ2n) is 4.26. The predicted molar refractivity (Wildman–Crippen MR) is 67.3 cm³/mol. The first-order valence-electron chi connectivity index (χ1n) is 5.95. The van der Waals surface area contributed by atoms with Gasteiger partial charge in [-0.15, -0.1) is 0 Å². The van der Waals surface area contributed by atoms with Crippen molar-refractivity contribution in [1.82, 2.24) is 0 Å². The molecule has 0 spiro atoms. The molecular formula is C14H20O3. The number of benzene rings is 1. The summed E-state index contributed by atoms with van der Waals surface area (Å²) in [5.41, 5.74) is 3.38. The average Bonchev–Trinajstić information content (AvgIpc) is 2.29. The first kappa shape index (κ1) is 13.7. The average molecular weight is 236 g/mol. The number of carboxylic acid groups (broad SMARTS) is 1. The molecular weight excluding hydrogens is 216 g/mol. The van der Waals surface area contributed by atoms with Gasteiger partial charge in [0, 0.05) is 13.0 Å². The molecule has 3 nitrogen and oxygen atoms in total. The van der Waals surface area contributed by atoms with Gasteiger partial charge in [-0.25, -0.2) is 4.79 Å². The maximum absolute atomic E-state index is 11.1. The van der Waals surface area contributed by atoms with Crippen LogP contribution >= 0.6 is 0 Å². The van der Waals surface area contributed by atoms with Crippen molar-refractivity contribution in [2.24, 2.45) is 0 Å². The minimum atomic E-state index is -0.889. The van der Waals surface area contributed by atoms with Crippen LogP contribution in [0.3, 0.4) is 0 Å². The van der Waals surface area contributed by atoms with Crippen LogP contribution in [-0.2, 0) is 16.0 Å². The molecule has 0 aliphatic heterocycles. The van der Waals surface area contributed by atoms with Gasteiger partial charge in [0.05, 0.1) is 0 Å². The van der Waals surface area contributed by atoms with Crippen LogP contribution in [0.4, 0.5) is 0 Å². The molecule has 3 heteroatoms. The second-order valence-corrected chi connectivity index (χ2v) is 4.26. The van der Waals surface area contributed by atoms with Crippen LogP contribution in [0, 0.1) is 13.8 Å². The van der Waals surface area contributed by atoms with E-state index in [2.05, 4.69) is 0 Å². The molecule has 1 rings (SSSR count). The Labute approximate surface area is 102 Å². The van der Waals surface area contributed by atoms with Gasteiger partial charge in [0.25, 0.3) is 0 Å². The summed E-state index contributed by atoms with van der Waals surface area (Å²) in [7, 11) is 0. The Hall–Kier alpha value is -1.35. The van der Waals surface area contributed by atoms with Crippen molar-refractivity contribution < 1.29 is 14.6 Å². The van der Waals surface area contributed by atoms with E-state index in [9.17, 15) is 4.79 Å². The molecule has 0 heterocycles. The molecule has 17 heavy (non-hydrogen) atoms. The van der Waals surface area contributed by atoms with Crippen molar-refractivity contribution in [2.75, 3.05) is 6.61 Å². The van der Waals surface area contributed by atoms with Gasteiger partial charge < -0.3 is 9.84 Å². The lowest BCUT2D eigenvalue weighted by molar-refractivity contribution is -0.150. The molecule has 0 aliphatic rings. The Morgan fingerprint density at radius 3 is 2.71 bits per heavy atom. The van der Waals surface area contributed by atoms with E-state index in [1.165, 1.54) is 5.56 Å². The van der Waals surface area contributed by atoms with Crippen molar-refractivity contribution in [2.45, 2.75) is 39.7 Å². The SMILES string of the molecule is CCCOC(Cc1cccc(C)c1C)C(=O)O. The minimum absolute atomic E-state index is 0.433. The van der Waals surface area contributed by atoms with E-state index in [0.29, 0.717) is 13.0 Å². The number of hydrogen-bond donors (Lipinski definition) is 1. The van der Waals surface area contributed by atoms with Gasteiger partial charge in [-0.1, -0.05) is 25.1 Å². The molecule has 0 saturated heterocycles. The standard InChI is InChI=1S/C14H20O3/c1-4-8-17-13(14(15)16)9-12-7-5-6-10(2)11(12)3/h5-7,13H,4,8-9H2,1-3H3,(H,15,16). The van der Waals surface area contributed by atoms with Gasteiger partial charge in [-0.2, -0.15) is 0 Å². The summed E-state index contributed by atoms with van der Waals surface area (Å²) in [6.45, 7) is 6.50. The van der Waals surface area contributed by atoms with Crippen LogP contribution in [0.15, 0.2) is 18.2 Å². The van der Waals surface area contributed by atoms with Gasteiger partial charge in [-0.05, 0) is 37.0 Å². The normalized spacial score (nSPS) is 12.4. The maximum atomic E-state index is 11.1. The van der Waals surface area contributed by atoms with Crippen molar-refractivity contribution in [3.63, 3.8) is 0 Å². The lowest BCUT2D eigenvalue weighted by Crippen LogP contribution is -2.27. The molecule has 94 valence electrons. The first-order valence-corrected chi connectivity index (χ1v) is 5.95. The predicted octanol–water partition coefficient (Wildman–Crippen LogP) is 2.73. The molecule has 0 amide bonds. The van der Waals surface area contributed by atoms with E-state index in [0.717, 1.165) is 17.5 Å². The van der Waals surface area contributed by atoms with E-state index < -0.39 is 12.1 Å². The minimum Gasteiger partial charge on any atom is -0.479 e. The topological polar surface area (TPSA) is 46.5 Å². The van der Waals surface area contributed by atoms with Crippen LogP contribution in [0.5, 0.6) is 0 Å². The van der Waals surface area contributed by atoms with E-state index in [-0.39, 0.29) is 0 Å². The lowest BCUT2D eigenvalue weighted by atomic mass is 9.98. The summed E-state index contributed by atoms with van der Waals surface area (Å²) in [5, 5.41) is 9.10. The highest BCUT2D eigenvalue weighted by Gasteiger charge is 2.19. The molecule has 0 bridgehead atoms. The molecule has 0 aliphatic carbocycles. The van der Waals surface area contributed by atoms with Crippen molar-refractivity contribution >= 4 is 5.97 Å². The molecule has 1 atom stereocenters. The third-order valence-electron chi connectivity index (χ3n) is 2.92. The summed E-state index contributed by atoms with van der Waals surface area (Å²) < 4.78 is 5.35.